The van der Waals surface area contributed by atoms with Crippen LogP contribution in [0.25, 0.3) is 11.1 Å². The fourth-order valence-corrected chi connectivity index (χ4v) is 6.22. The van der Waals surface area contributed by atoms with Gasteiger partial charge in [0, 0.05) is 60.3 Å². The molecule has 3 aromatic rings. The Balaban J connectivity index is 1.41. The molecule has 1 aromatic heterocycles. The summed E-state index contributed by atoms with van der Waals surface area (Å²) < 4.78 is 80.9. The highest BCUT2D eigenvalue weighted by Crippen LogP contribution is 2.38. The molecule has 3 heterocycles. The van der Waals surface area contributed by atoms with Crippen LogP contribution in [0.15, 0.2) is 60.0 Å². The van der Waals surface area contributed by atoms with Crippen LogP contribution >= 0.6 is 11.6 Å². The Bertz CT molecular complexity index is 1810. The zero-order valence-corrected chi connectivity index (χ0v) is 29.0. The minimum Gasteiger partial charge on any atom is -0.509 e. The molecule has 1 saturated heterocycles. The average Bonchev–Trinajstić information content (AvgIpc) is 3.06. The Morgan fingerprint density at radius 1 is 1.08 bits per heavy atom. The van der Waals surface area contributed by atoms with E-state index in [0.29, 0.717) is 32.8 Å². The molecular weight excluding hydrogens is 701 g/mol. The van der Waals surface area contributed by atoms with Crippen LogP contribution in [0.1, 0.15) is 32.0 Å². The lowest BCUT2D eigenvalue weighted by atomic mass is 9.82. The van der Waals surface area contributed by atoms with Gasteiger partial charge in [0.15, 0.2) is 11.6 Å². The van der Waals surface area contributed by atoms with E-state index < -0.39 is 64.7 Å². The molecule has 51 heavy (non-hydrogen) atoms. The van der Waals surface area contributed by atoms with E-state index in [9.17, 15) is 27.9 Å². The number of aromatic nitrogens is 1. The number of rotatable bonds is 9. The number of amides is 2. The Morgan fingerprint density at radius 3 is 2.41 bits per heavy atom. The van der Waals surface area contributed by atoms with Crippen molar-refractivity contribution in [2.24, 2.45) is 5.41 Å². The minimum absolute atomic E-state index is 0.0502. The highest BCUT2D eigenvalue weighted by molar-refractivity contribution is 6.31. The number of hydrazine groups is 1. The summed E-state index contributed by atoms with van der Waals surface area (Å²) in [6.45, 7) is 7.93. The monoisotopic (exact) mass is 737 g/mol. The molecule has 0 spiro atoms. The largest absolute Gasteiger partial charge is 0.509 e. The van der Waals surface area contributed by atoms with Gasteiger partial charge in [0.05, 0.1) is 25.8 Å². The number of likely N-dealkylation sites (N-methyl/N-ethyl adjacent to an activating group) is 1. The second-order valence-corrected chi connectivity index (χ2v) is 13.6. The molecule has 2 N–H and O–H groups in total. The highest BCUT2D eigenvalue weighted by Gasteiger charge is 2.46. The maximum atomic E-state index is 15.5. The molecule has 2 aromatic carbocycles. The minimum atomic E-state index is -4.68. The number of nitrogens with one attached hydrogen (secondary N) is 1. The molecule has 2 aliphatic heterocycles. The first kappa shape index (κ1) is 37.9. The summed E-state index contributed by atoms with van der Waals surface area (Å²) in [4.78, 5) is 33.4. The zero-order valence-electron chi connectivity index (χ0n) is 28.3. The number of halogens is 6. The summed E-state index contributed by atoms with van der Waals surface area (Å²) in [5.41, 5.74) is -2.38. The molecule has 5 rings (SSSR count). The van der Waals surface area contributed by atoms with Crippen LogP contribution < -0.4 is 10.1 Å². The second kappa shape index (κ2) is 15.1. The summed E-state index contributed by atoms with van der Waals surface area (Å²) in [7, 11) is 1.48. The maximum absolute atomic E-state index is 15.5. The molecule has 0 radical (unpaired) electrons. The molecule has 0 unspecified atom stereocenters. The van der Waals surface area contributed by atoms with Crippen LogP contribution in [0.2, 0.25) is 5.02 Å². The number of hydrogen-bond donors (Lipinski definition) is 2. The van der Waals surface area contributed by atoms with Crippen LogP contribution in [0.5, 0.6) is 5.75 Å². The Labute approximate surface area is 296 Å². The maximum Gasteiger partial charge on any atom is 0.433 e. The van der Waals surface area contributed by atoms with Crippen LogP contribution in [0.3, 0.4) is 0 Å². The van der Waals surface area contributed by atoms with E-state index in [1.165, 1.54) is 42.4 Å². The first-order valence-electron chi connectivity index (χ1n) is 16.0. The van der Waals surface area contributed by atoms with Crippen molar-refractivity contribution in [3.63, 3.8) is 0 Å². The molecule has 0 aliphatic carbocycles. The second-order valence-electron chi connectivity index (χ2n) is 13.2. The fourth-order valence-electron chi connectivity index (χ4n) is 6.05. The average molecular weight is 738 g/mol. The number of anilines is 1. The van der Waals surface area contributed by atoms with Gasteiger partial charge in [0.2, 0.25) is 5.82 Å². The van der Waals surface area contributed by atoms with Gasteiger partial charge in [-0.25, -0.2) is 9.40 Å². The molecule has 274 valence electrons. The Kier molecular flexibility index (Phi) is 11.2. The van der Waals surface area contributed by atoms with Crippen molar-refractivity contribution >= 4 is 29.1 Å². The summed E-state index contributed by atoms with van der Waals surface area (Å²) >= 11 is 6.17. The number of pyridine rings is 1. The predicted molar refractivity (Wildman–Crippen MR) is 179 cm³/mol. The third-order valence-electron chi connectivity index (χ3n) is 8.58. The van der Waals surface area contributed by atoms with Gasteiger partial charge in [-0.2, -0.15) is 17.6 Å². The normalized spacial score (nSPS) is 18.0. The number of aliphatic hydroxyl groups is 1. The van der Waals surface area contributed by atoms with Crippen molar-refractivity contribution in [2.75, 3.05) is 51.8 Å². The van der Waals surface area contributed by atoms with Crippen LogP contribution in [-0.4, -0.2) is 89.4 Å². The number of carbonyl (C=O) groups excluding carboxylic acids is 2. The van der Waals surface area contributed by atoms with E-state index in [1.807, 2.05) is 0 Å². The standard InChI is InChI=1S/C35H37ClF5N5O5/c1-34(2,3)31-30(47)27(32(48)43-24-8-7-22(36)17-23(24)20-6-10-26(42-18-20)35(39,40)41)33(49)46(44(31)4)19-21-5-9-25(29(38)28(21)37)51-16-13-45-11-14-50-15-12-45/h5-10,17-18,31,47H,11-16,19H2,1-4H3,(H,43,48)/t31-/m1/s1. The molecule has 16 heteroatoms. The Morgan fingerprint density at radius 2 is 1.78 bits per heavy atom. The lowest BCUT2D eigenvalue weighted by Gasteiger charge is -2.46. The molecule has 10 nitrogen and oxygen atoms in total. The first-order valence-corrected chi connectivity index (χ1v) is 16.4. The number of hydrogen-bond acceptors (Lipinski definition) is 8. The van der Waals surface area contributed by atoms with Gasteiger partial charge in [-0.05, 0) is 35.7 Å². The molecule has 0 bridgehead atoms. The van der Waals surface area contributed by atoms with Gasteiger partial charge in [0.1, 0.15) is 23.6 Å². The molecule has 1 atom stereocenters. The molecule has 1 fully saturated rings. The number of carbonyl (C=O) groups is 2. The van der Waals surface area contributed by atoms with Crippen LogP contribution in [0, 0.1) is 17.0 Å². The van der Waals surface area contributed by atoms with Gasteiger partial charge in [0.25, 0.3) is 11.8 Å². The van der Waals surface area contributed by atoms with Crippen LogP contribution in [0.4, 0.5) is 27.6 Å². The van der Waals surface area contributed by atoms with Crippen molar-refractivity contribution in [1.82, 2.24) is 19.9 Å². The van der Waals surface area contributed by atoms with E-state index in [0.717, 1.165) is 23.3 Å². The van der Waals surface area contributed by atoms with Gasteiger partial charge in [-0.15, -0.1) is 0 Å². The van der Waals surface area contributed by atoms with Gasteiger partial charge in [-0.1, -0.05) is 44.5 Å². The predicted octanol–water partition coefficient (Wildman–Crippen LogP) is 6.46. The van der Waals surface area contributed by atoms with Gasteiger partial charge in [-0.3, -0.25) is 24.5 Å². The van der Waals surface area contributed by atoms with Crippen LogP contribution in [-0.2, 0) is 27.0 Å². The third-order valence-corrected chi connectivity index (χ3v) is 8.81. The van der Waals surface area contributed by atoms with Crippen molar-refractivity contribution < 1.29 is 46.1 Å². The van der Waals surface area contributed by atoms with Crippen molar-refractivity contribution in [1.29, 1.82) is 0 Å². The highest BCUT2D eigenvalue weighted by atomic mass is 35.5. The smallest absolute Gasteiger partial charge is 0.433 e. The van der Waals surface area contributed by atoms with E-state index in [2.05, 4.69) is 15.2 Å². The molecule has 2 amide bonds. The topological polar surface area (TPSA) is 107 Å². The fraction of sp³-hybridized carbons (Fsp3) is 0.400. The SMILES string of the molecule is CN1[C@@H](C(C)(C)C)C(O)=C(C(=O)Nc2ccc(Cl)cc2-c2ccc(C(F)(F)F)nc2)C(=O)N1Cc1ccc(OCCN2CCOCC2)c(F)c1F. The lowest BCUT2D eigenvalue weighted by Crippen LogP contribution is -2.59. The summed E-state index contributed by atoms with van der Waals surface area (Å²) in [5.74, 6) is -5.40. The van der Waals surface area contributed by atoms with Gasteiger partial charge < -0.3 is 19.9 Å². The molecule has 2 aliphatic rings. The van der Waals surface area contributed by atoms with Gasteiger partial charge >= 0.3 is 6.18 Å². The van der Waals surface area contributed by atoms with E-state index in [4.69, 9.17) is 21.1 Å². The number of aliphatic hydroxyl groups excluding tert-OH is 1. The van der Waals surface area contributed by atoms with Crippen molar-refractivity contribution in [3.8, 4) is 16.9 Å². The molecule has 0 saturated carbocycles. The quantitative estimate of drug-likeness (QED) is 0.190. The summed E-state index contributed by atoms with van der Waals surface area (Å²) in [5, 5.41) is 16.6. The summed E-state index contributed by atoms with van der Waals surface area (Å²) in [6, 6.07) is 7.69. The lowest BCUT2D eigenvalue weighted by molar-refractivity contribution is -0.158. The number of nitrogens with zero attached hydrogens (tertiary/aromatic N) is 4. The van der Waals surface area contributed by atoms with E-state index >= 15 is 8.78 Å². The van der Waals surface area contributed by atoms with Crippen molar-refractivity contribution in [3.05, 3.63) is 87.9 Å². The third kappa shape index (κ3) is 8.43. The summed E-state index contributed by atoms with van der Waals surface area (Å²) in [6.07, 6.45) is -3.71. The number of morpholine rings is 1. The molecular formula is C35H37ClF5N5O5. The number of ether oxygens (including phenoxy) is 2. The Hall–Kier alpha value is -4.31. The number of alkyl halides is 3. The number of benzene rings is 2. The van der Waals surface area contributed by atoms with E-state index in [-0.39, 0.29) is 39.8 Å². The zero-order chi connectivity index (χ0) is 37.2. The van der Waals surface area contributed by atoms with E-state index in [1.54, 1.807) is 20.8 Å². The van der Waals surface area contributed by atoms with Crippen molar-refractivity contribution in [2.45, 2.75) is 39.5 Å². The first-order chi connectivity index (χ1) is 24.0.